The van der Waals surface area contributed by atoms with Crippen molar-refractivity contribution in [1.29, 1.82) is 0 Å². The fraction of sp³-hybridized carbons (Fsp3) is 0.831. The van der Waals surface area contributed by atoms with Crippen molar-refractivity contribution < 1.29 is 28.6 Å². The average molecular weight is 1160 g/mol. The van der Waals surface area contributed by atoms with Gasteiger partial charge in [0.25, 0.3) is 0 Å². The Bertz CT molecular complexity index is 1470. The van der Waals surface area contributed by atoms with Gasteiger partial charge in [-0.15, -0.1) is 0 Å². The number of carbonyl (C=O) groups excluding carboxylic acids is 3. The summed E-state index contributed by atoms with van der Waals surface area (Å²) in [6, 6.07) is 0. The van der Waals surface area contributed by atoms with Crippen molar-refractivity contribution >= 4 is 17.9 Å². The van der Waals surface area contributed by atoms with E-state index in [0.717, 1.165) is 89.9 Å². The SMILES string of the molecule is CC/C=C\C/C=C\C/C=C\C/C=C\C/C=C\CCCCCCCCCCCCCCCC(=O)OCC(COC(=O)CCCCCCCCCCCCCCCCCC)OC(=O)CCCCCCCCCCCCCCCCCCCCCC. The van der Waals surface area contributed by atoms with Gasteiger partial charge in [-0.05, 0) is 64.2 Å². The number of esters is 3. The molecule has 0 rings (SSSR count). The summed E-state index contributed by atoms with van der Waals surface area (Å²) < 4.78 is 17.0. The van der Waals surface area contributed by atoms with Crippen LogP contribution in [0.25, 0.3) is 0 Å². The first-order valence-electron chi connectivity index (χ1n) is 36.8. The maximum atomic E-state index is 13.0. The molecule has 0 saturated carbocycles. The van der Waals surface area contributed by atoms with Gasteiger partial charge in [-0.2, -0.15) is 0 Å². The Balaban J connectivity index is 4.26. The number of hydrogen-bond acceptors (Lipinski definition) is 6. The number of carbonyl (C=O) groups is 3. The molecule has 0 bridgehead atoms. The molecule has 0 aliphatic carbocycles. The Hall–Kier alpha value is -2.89. The number of unbranched alkanes of at least 4 members (excludes halogenated alkanes) is 47. The van der Waals surface area contributed by atoms with Crippen LogP contribution in [0.3, 0.4) is 0 Å². The van der Waals surface area contributed by atoms with Crippen LogP contribution >= 0.6 is 0 Å². The molecule has 0 aromatic rings. The van der Waals surface area contributed by atoms with E-state index in [1.54, 1.807) is 0 Å². The lowest BCUT2D eigenvalue weighted by Gasteiger charge is -2.18. The van der Waals surface area contributed by atoms with Gasteiger partial charge in [0, 0.05) is 19.3 Å². The largest absolute Gasteiger partial charge is 0.462 e. The molecular formula is C77H140O6. The summed E-state index contributed by atoms with van der Waals surface area (Å²) in [7, 11) is 0. The maximum Gasteiger partial charge on any atom is 0.306 e. The molecule has 0 aromatic heterocycles. The summed E-state index contributed by atoms with van der Waals surface area (Å²) in [4.78, 5) is 38.5. The minimum atomic E-state index is -0.772. The first-order valence-corrected chi connectivity index (χ1v) is 36.8. The van der Waals surface area contributed by atoms with Crippen molar-refractivity contribution in [2.45, 2.75) is 399 Å². The highest BCUT2D eigenvalue weighted by Crippen LogP contribution is 2.19. The molecule has 0 radical (unpaired) electrons. The standard InChI is InChI=1S/C77H140O6/c1-4-7-10-13-16-19-22-25-28-31-33-35-36-37-38-39-40-41-42-43-45-46-49-52-55-58-61-64-67-70-76(79)82-73-74(72-81-75(78)69-66-63-60-57-54-51-48-30-27-24-21-18-15-12-9-6-3)83-77(80)71-68-65-62-59-56-53-50-47-44-34-32-29-26-23-20-17-14-11-8-5-2/h7,10,16,19,25,28,33,35,37-38,74H,4-6,8-9,11-15,17-18,20-24,26-27,29-32,34,36,39-73H2,1-3H3/b10-7-,19-16-,28-25-,35-33-,38-37-. The van der Waals surface area contributed by atoms with Gasteiger partial charge in [0.05, 0.1) is 0 Å². The van der Waals surface area contributed by atoms with Crippen molar-refractivity contribution in [3.05, 3.63) is 60.8 Å². The van der Waals surface area contributed by atoms with Gasteiger partial charge in [0.15, 0.2) is 6.10 Å². The first kappa shape index (κ1) is 80.1. The lowest BCUT2D eigenvalue weighted by atomic mass is 10.0. The third-order valence-electron chi connectivity index (χ3n) is 16.5. The molecule has 0 heterocycles. The molecule has 0 aromatic carbocycles. The number of ether oxygens (including phenoxy) is 3. The summed E-state index contributed by atoms with van der Waals surface area (Å²) in [5.74, 6) is -0.837. The van der Waals surface area contributed by atoms with Crippen LogP contribution in [0.1, 0.15) is 393 Å². The molecule has 6 heteroatoms. The minimum absolute atomic E-state index is 0.0671. The monoisotopic (exact) mass is 1160 g/mol. The van der Waals surface area contributed by atoms with Crippen LogP contribution < -0.4 is 0 Å². The third-order valence-corrected chi connectivity index (χ3v) is 16.5. The second-order valence-corrected chi connectivity index (χ2v) is 24.8. The predicted octanol–water partition coefficient (Wildman–Crippen LogP) is 25.5. The molecule has 0 saturated heterocycles. The summed E-state index contributed by atoms with van der Waals surface area (Å²) in [6.45, 7) is 6.61. The number of hydrogen-bond donors (Lipinski definition) is 0. The summed E-state index contributed by atoms with van der Waals surface area (Å²) in [6.07, 6.45) is 92.5. The second kappa shape index (κ2) is 71.6. The molecule has 0 amide bonds. The maximum absolute atomic E-state index is 13.0. The van der Waals surface area contributed by atoms with Gasteiger partial charge in [-0.25, -0.2) is 0 Å². The summed E-state index contributed by atoms with van der Waals surface area (Å²) in [5, 5.41) is 0. The fourth-order valence-electron chi connectivity index (χ4n) is 11.1. The van der Waals surface area contributed by atoms with Crippen molar-refractivity contribution in [2.75, 3.05) is 13.2 Å². The highest BCUT2D eigenvalue weighted by Gasteiger charge is 2.19. The third kappa shape index (κ3) is 69.8. The van der Waals surface area contributed by atoms with Gasteiger partial charge in [0.2, 0.25) is 0 Å². The van der Waals surface area contributed by atoms with E-state index in [-0.39, 0.29) is 31.1 Å². The van der Waals surface area contributed by atoms with E-state index in [4.69, 9.17) is 14.2 Å². The zero-order chi connectivity index (χ0) is 59.9. The van der Waals surface area contributed by atoms with Crippen LogP contribution in [-0.4, -0.2) is 37.2 Å². The average Bonchev–Trinajstić information content (AvgIpc) is 3.50. The van der Waals surface area contributed by atoms with Crippen molar-refractivity contribution in [3.63, 3.8) is 0 Å². The van der Waals surface area contributed by atoms with Gasteiger partial charge >= 0.3 is 17.9 Å². The molecule has 0 spiro atoms. The predicted molar refractivity (Wildman–Crippen MR) is 362 cm³/mol. The molecule has 1 atom stereocenters. The summed E-state index contributed by atoms with van der Waals surface area (Å²) >= 11 is 0. The number of allylic oxidation sites excluding steroid dienone is 10. The fourth-order valence-corrected chi connectivity index (χ4v) is 11.1. The molecule has 0 N–H and O–H groups in total. The Morgan fingerprint density at radius 2 is 0.470 bits per heavy atom. The molecule has 6 nitrogen and oxygen atoms in total. The van der Waals surface area contributed by atoms with E-state index < -0.39 is 6.10 Å². The molecule has 0 aliphatic rings. The smallest absolute Gasteiger partial charge is 0.306 e. The molecule has 484 valence electrons. The molecular weight excluding hydrogens is 1020 g/mol. The zero-order valence-electron chi connectivity index (χ0n) is 55.7. The quantitative estimate of drug-likeness (QED) is 0.0261. The lowest BCUT2D eigenvalue weighted by Crippen LogP contribution is -2.30. The van der Waals surface area contributed by atoms with Crippen LogP contribution in [0, 0.1) is 0 Å². The van der Waals surface area contributed by atoms with E-state index in [2.05, 4.69) is 81.5 Å². The van der Waals surface area contributed by atoms with Crippen LogP contribution in [0.15, 0.2) is 60.8 Å². The van der Waals surface area contributed by atoms with E-state index in [9.17, 15) is 14.4 Å². The van der Waals surface area contributed by atoms with Crippen molar-refractivity contribution in [2.24, 2.45) is 0 Å². The Kier molecular flexibility index (Phi) is 69.1. The topological polar surface area (TPSA) is 78.9 Å². The molecule has 0 fully saturated rings. The zero-order valence-corrected chi connectivity index (χ0v) is 55.7. The molecule has 1 unspecified atom stereocenters. The van der Waals surface area contributed by atoms with Crippen molar-refractivity contribution in [3.8, 4) is 0 Å². The van der Waals surface area contributed by atoms with Gasteiger partial charge in [0.1, 0.15) is 13.2 Å². The van der Waals surface area contributed by atoms with Crippen LogP contribution in [-0.2, 0) is 28.6 Å². The lowest BCUT2D eigenvalue weighted by molar-refractivity contribution is -0.167. The van der Waals surface area contributed by atoms with E-state index >= 15 is 0 Å². The molecule has 0 aliphatic heterocycles. The van der Waals surface area contributed by atoms with Crippen molar-refractivity contribution in [1.82, 2.24) is 0 Å². The van der Waals surface area contributed by atoms with E-state index in [1.807, 2.05) is 0 Å². The van der Waals surface area contributed by atoms with Crippen LogP contribution in [0.4, 0.5) is 0 Å². The molecule has 83 heavy (non-hydrogen) atoms. The second-order valence-electron chi connectivity index (χ2n) is 24.8. The Morgan fingerprint density at radius 3 is 0.735 bits per heavy atom. The van der Waals surface area contributed by atoms with E-state index in [0.29, 0.717) is 19.3 Å². The Labute approximate surface area is 517 Å². The highest BCUT2D eigenvalue weighted by atomic mass is 16.6. The first-order chi connectivity index (χ1) is 41.0. The van der Waals surface area contributed by atoms with Crippen LogP contribution in [0.2, 0.25) is 0 Å². The normalized spacial score (nSPS) is 12.4. The number of rotatable bonds is 68. The van der Waals surface area contributed by atoms with Crippen LogP contribution in [0.5, 0.6) is 0 Å². The van der Waals surface area contributed by atoms with Gasteiger partial charge in [-0.1, -0.05) is 370 Å². The van der Waals surface area contributed by atoms with Gasteiger partial charge < -0.3 is 14.2 Å². The summed E-state index contributed by atoms with van der Waals surface area (Å²) in [5.41, 5.74) is 0. The van der Waals surface area contributed by atoms with Gasteiger partial charge in [-0.3, -0.25) is 14.4 Å². The van der Waals surface area contributed by atoms with E-state index in [1.165, 1.54) is 263 Å². The highest BCUT2D eigenvalue weighted by molar-refractivity contribution is 5.71. The Morgan fingerprint density at radius 1 is 0.253 bits per heavy atom. The minimum Gasteiger partial charge on any atom is -0.462 e.